The minimum Gasteiger partial charge on any atom is -0.495 e. The minimum absolute atomic E-state index is 0.0345. The molecular weight excluding hydrogens is 538 g/mol. The number of carbonyl (C=O) groups excluding carboxylic acids is 2. The molecule has 0 spiro atoms. The second-order valence-electron chi connectivity index (χ2n) is 8.68. The number of methoxy groups -OCH3 is 1. The summed E-state index contributed by atoms with van der Waals surface area (Å²) in [5.74, 6) is 1.15. The Kier molecular flexibility index (Phi) is 8.95. The molecule has 1 heterocycles. The van der Waals surface area contributed by atoms with E-state index in [4.69, 9.17) is 9.47 Å². The molecule has 0 atom stereocenters. The van der Waals surface area contributed by atoms with E-state index < -0.39 is 5.97 Å². The topological polar surface area (TPSA) is 106 Å². The number of halogens is 1. The zero-order chi connectivity index (χ0) is 26.2. The lowest BCUT2D eigenvalue weighted by molar-refractivity contribution is -0.147. The maximum Gasteiger partial charge on any atom is 0.325 e. The predicted molar refractivity (Wildman–Crippen MR) is 147 cm³/mol. The summed E-state index contributed by atoms with van der Waals surface area (Å²) in [5, 5.41) is 7.46. The Bertz CT molecular complexity index is 1300. The molecule has 1 amide bonds. The molecule has 2 N–H and O–H groups in total. The summed E-state index contributed by atoms with van der Waals surface area (Å²) in [6.45, 7) is 2.97. The van der Waals surface area contributed by atoms with Crippen LogP contribution in [0.5, 0.6) is 5.75 Å². The summed E-state index contributed by atoms with van der Waals surface area (Å²) in [4.78, 5) is 35.0. The van der Waals surface area contributed by atoms with Gasteiger partial charge in [-0.1, -0.05) is 28.1 Å². The Morgan fingerprint density at radius 3 is 2.78 bits per heavy atom. The maximum atomic E-state index is 12.7. The molecule has 194 valence electrons. The molecule has 10 heteroatoms. The van der Waals surface area contributed by atoms with Crippen LogP contribution in [-0.4, -0.2) is 60.1 Å². The standard InChI is InChI=1S/C27H30BrN5O4/c1-3-37-26(35)16-33(15-18-9-10-18)25(34)8-5-11-29-23-13-21-22(14-24(23)36-2)30-17-31-27(21)32-20-7-4-6-19(28)12-20/h4-8,12-14,17-18,29H,3,9-11,15-16H2,1-2H3,(H,30,31,32). The molecule has 4 rings (SSSR count). The van der Waals surface area contributed by atoms with Crippen LogP contribution in [0.2, 0.25) is 0 Å². The lowest BCUT2D eigenvalue weighted by Crippen LogP contribution is -2.37. The van der Waals surface area contributed by atoms with Gasteiger partial charge in [0.05, 0.1) is 24.9 Å². The number of anilines is 3. The highest BCUT2D eigenvalue weighted by atomic mass is 79.9. The summed E-state index contributed by atoms with van der Waals surface area (Å²) in [7, 11) is 1.60. The fraction of sp³-hybridized carbons (Fsp3) is 0.333. The summed E-state index contributed by atoms with van der Waals surface area (Å²) in [5.41, 5.74) is 2.36. The summed E-state index contributed by atoms with van der Waals surface area (Å²) < 4.78 is 11.5. The van der Waals surface area contributed by atoms with Crippen molar-refractivity contribution in [2.45, 2.75) is 19.8 Å². The molecule has 1 saturated carbocycles. The van der Waals surface area contributed by atoms with Crippen molar-refractivity contribution in [3.05, 3.63) is 59.4 Å². The van der Waals surface area contributed by atoms with Gasteiger partial charge >= 0.3 is 5.97 Å². The van der Waals surface area contributed by atoms with Crippen molar-refractivity contribution in [1.29, 1.82) is 0 Å². The van der Waals surface area contributed by atoms with E-state index in [0.29, 0.717) is 37.2 Å². The Morgan fingerprint density at radius 1 is 1.22 bits per heavy atom. The first-order valence-corrected chi connectivity index (χ1v) is 13.0. The normalized spacial score (nSPS) is 12.9. The molecule has 1 aliphatic rings. The molecule has 2 aromatic carbocycles. The molecular formula is C27H30BrN5O4. The molecule has 3 aromatic rings. The lowest BCUT2D eigenvalue weighted by atomic mass is 10.2. The van der Waals surface area contributed by atoms with Crippen LogP contribution in [-0.2, 0) is 14.3 Å². The summed E-state index contributed by atoms with van der Waals surface area (Å²) >= 11 is 3.49. The number of esters is 1. The predicted octanol–water partition coefficient (Wildman–Crippen LogP) is 4.91. The van der Waals surface area contributed by atoms with Crippen molar-refractivity contribution >= 4 is 55.9 Å². The zero-order valence-corrected chi connectivity index (χ0v) is 22.5. The summed E-state index contributed by atoms with van der Waals surface area (Å²) in [6, 6.07) is 11.6. The number of aromatic nitrogens is 2. The van der Waals surface area contributed by atoms with Crippen molar-refractivity contribution in [2.75, 3.05) is 44.0 Å². The monoisotopic (exact) mass is 567 g/mol. The van der Waals surface area contributed by atoms with Gasteiger partial charge in [0.25, 0.3) is 0 Å². The number of benzene rings is 2. The minimum atomic E-state index is -0.390. The van der Waals surface area contributed by atoms with Gasteiger partial charge in [-0.25, -0.2) is 9.97 Å². The van der Waals surface area contributed by atoms with Crippen LogP contribution < -0.4 is 15.4 Å². The SMILES string of the molecule is CCOC(=O)CN(CC1CC1)C(=O)C=CCNc1cc2c(Nc3cccc(Br)c3)ncnc2cc1OC. The number of amides is 1. The number of nitrogens with one attached hydrogen (secondary N) is 2. The van der Waals surface area contributed by atoms with Crippen molar-refractivity contribution in [2.24, 2.45) is 5.92 Å². The molecule has 37 heavy (non-hydrogen) atoms. The first-order chi connectivity index (χ1) is 18.0. The third kappa shape index (κ3) is 7.42. The van der Waals surface area contributed by atoms with Crippen LogP contribution >= 0.6 is 15.9 Å². The van der Waals surface area contributed by atoms with Crippen LogP contribution in [0, 0.1) is 5.92 Å². The molecule has 1 aliphatic carbocycles. The van der Waals surface area contributed by atoms with E-state index in [0.717, 1.165) is 39.6 Å². The molecule has 0 radical (unpaired) electrons. The van der Waals surface area contributed by atoms with E-state index in [9.17, 15) is 9.59 Å². The quantitative estimate of drug-likeness (QED) is 0.235. The molecule has 9 nitrogen and oxygen atoms in total. The van der Waals surface area contributed by atoms with Crippen molar-refractivity contribution < 1.29 is 19.1 Å². The van der Waals surface area contributed by atoms with E-state index in [-0.39, 0.29) is 12.5 Å². The lowest BCUT2D eigenvalue weighted by Gasteiger charge is -2.20. The zero-order valence-electron chi connectivity index (χ0n) is 20.9. The molecule has 0 bridgehead atoms. The molecule has 0 unspecified atom stereocenters. The van der Waals surface area contributed by atoms with Gasteiger partial charge in [-0.3, -0.25) is 9.59 Å². The van der Waals surface area contributed by atoms with E-state index >= 15 is 0 Å². The van der Waals surface area contributed by atoms with E-state index in [2.05, 4.69) is 36.5 Å². The molecule has 1 aromatic heterocycles. The molecule has 0 saturated heterocycles. The number of nitrogens with zero attached hydrogens (tertiary/aromatic N) is 3. The smallest absolute Gasteiger partial charge is 0.325 e. The van der Waals surface area contributed by atoms with E-state index in [1.165, 1.54) is 12.4 Å². The van der Waals surface area contributed by atoms with Crippen LogP contribution in [0.15, 0.2) is 59.4 Å². The van der Waals surface area contributed by atoms with E-state index in [1.807, 2.05) is 36.4 Å². The van der Waals surface area contributed by atoms with Crippen LogP contribution in [0.3, 0.4) is 0 Å². The van der Waals surface area contributed by atoms with E-state index in [1.54, 1.807) is 25.0 Å². The highest BCUT2D eigenvalue weighted by Crippen LogP contribution is 2.33. The van der Waals surface area contributed by atoms with Gasteiger partial charge in [0, 0.05) is 40.8 Å². The van der Waals surface area contributed by atoms with Crippen molar-refractivity contribution in [3.63, 3.8) is 0 Å². The van der Waals surface area contributed by atoms with Crippen LogP contribution in [0.1, 0.15) is 19.8 Å². The second-order valence-corrected chi connectivity index (χ2v) is 9.59. The van der Waals surface area contributed by atoms with Crippen molar-refractivity contribution in [3.8, 4) is 5.75 Å². The summed E-state index contributed by atoms with van der Waals surface area (Å²) in [6.07, 6.45) is 6.90. The van der Waals surface area contributed by atoms with Gasteiger partial charge in [0.15, 0.2) is 0 Å². The number of ether oxygens (including phenoxy) is 2. The Hall–Kier alpha value is -3.66. The van der Waals surface area contributed by atoms with Gasteiger partial charge in [0.1, 0.15) is 24.4 Å². The second kappa shape index (κ2) is 12.5. The van der Waals surface area contributed by atoms with Gasteiger partial charge in [-0.2, -0.15) is 0 Å². The number of carbonyl (C=O) groups is 2. The highest BCUT2D eigenvalue weighted by molar-refractivity contribution is 9.10. The molecule has 0 aliphatic heterocycles. The molecule has 1 fully saturated rings. The van der Waals surface area contributed by atoms with Gasteiger partial charge < -0.3 is 25.0 Å². The maximum absolute atomic E-state index is 12.7. The number of rotatable bonds is 12. The third-order valence-corrected chi connectivity index (χ3v) is 6.32. The first kappa shape index (κ1) is 26.4. The van der Waals surface area contributed by atoms with Crippen molar-refractivity contribution in [1.82, 2.24) is 14.9 Å². The number of hydrogen-bond acceptors (Lipinski definition) is 8. The van der Waals surface area contributed by atoms with Gasteiger partial charge in [-0.05, 0) is 49.9 Å². The highest BCUT2D eigenvalue weighted by Gasteiger charge is 2.27. The Labute approximate surface area is 224 Å². The Balaban J connectivity index is 1.46. The first-order valence-electron chi connectivity index (χ1n) is 12.2. The average Bonchev–Trinajstić information content (AvgIpc) is 3.70. The van der Waals surface area contributed by atoms with Gasteiger partial charge in [-0.15, -0.1) is 0 Å². The number of fused-ring (bicyclic) bond motifs is 1. The van der Waals surface area contributed by atoms with Gasteiger partial charge in [0.2, 0.25) is 5.91 Å². The largest absolute Gasteiger partial charge is 0.495 e. The Morgan fingerprint density at radius 2 is 2.05 bits per heavy atom. The van der Waals surface area contributed by atoms with Crippen LogP contribution in [0.4, 0.5) is 17.2 Å². The average molecular weight is 568 g/mol. The fourth-order valence-electron chi connectivity index (χ4n) is 3.83. The third-order valence-electron chi connectivity index (χ3n) is 5.83. The van der Waals surface area contributed by atoms with Crippen LogP contribution in [0.25, 0.3) is 10.9 Å². The number of hydrogen-bond donors (Lipinski definition) is 2. The fourth-order valence-corrected chi connectivity index (χ4v) is 4.23.